The van der Waals surface area contributed by atoms with Crippen LogP contribution in [0.25, 0.3) is 0 Å². The van der Waals surface area contributed by atoms with Crippen molar-refractivity contribution in [3.05, 3.63) is 56.9 Å². The molecule has 22 heavy (non-hydrogen) atoms. The molecular weight excluding hydrogens is 286 g/mol. The van der Waals surface area contributed by atoms with E-state index in [1.165, 1.54) is 33.8 Å². The Bertz CT molecular complexity index is 765. The number of nitrogens with zero attached hydrogens (tertiary/aromatic N) is 4. The fraction of sp³-hybridized carbons (Fsp3) is 0.357. The van der Waals surface area contributed by atoms with Crippen molar-refractivity contribution in [2.45, 2.75) is 26.4 Å². The molecule has 8 nitrogen and oxygen atoms in total. The fourth-order valence-corrected chi connectivity index (χ4v) is 1.87. The molecule has 0 radical (unpaired) electrons. The fourth-order valence-electron chi connectivity index (χ4n) is 1.87. The van der Waals surface area contributed by atoms with Gasteiger partial charge in [-0.15, -0.1) is 0 Å². The number of rotatable bonds is 6. The van der Waals surface area contributed by atoms with Crippen molar-refractivity contribution in [3.8, 4) is 0 Å². The third kappa shape index (κ3) is 3.87. The number of amides is 1. The molecule has 0 atom stereocenters. The molecule has 8 heteroatoms. The Balaban J connectivity index is 1.87. The largest absolute Gasteiger partial charge is 0.351 e. The van der Waals surface area contributed by atoms with Crippen LogP contribution in [0, 0.1) is 0 Å². The van der Waals surface area contributed by atoms with Crippen molar-refractivity contribution in [3.63, 3.8) is 0 Å². The first-order valence-electron chi connectivity index (χ1n) is 7.00. The maximum Gasteiger partial charge on any atom is 0.271 e. The van der Waals surface area contributed by atoms with Gasteiger partial charge in [0.2, 0.25) is 0 Å². The summed E-state index contributed by atoms with van der Waals surface area (Å²) in [5, 5.41) is 10.6. The van der Waals surface area contributed by atoms with Crippen LogP contribution in [0.2, 0.25) is 0 Å². The zero-order chi connectivity index (χ0) is 15.9. The van der Waals surface area contributed by atoms with Crippen LogP contribution in [0.3, 0.4) is 0 Å². The van der Waals surface area contributed by atoms with E-state index in [0.29, 0.717) is 26.1 Å². The highest BCUT2D eigenvalue weighted by molar-refractivity contribution is 5.91. The lowest BCUT2D eigenvalue weighted by Crippen LogP contribution is -2.31. The Kier molecular flexibility index (Phi) is 5.18. The number of aryl methyl sites for hydroxylation is 2. The molecule has 0 aliphatic carbocycles. The van der Waals surface area contributed by atoms with Crippen molar-refractivity contribution < 1.29 is 4.79 Å². The van der Waals surface area contributed by atoms with Gasteiger partial charge < -0.3 is 5.32 Å². The monoisotopic (exact) mass is 303 g/mol. The van der Waals surface area contributed by atoms with Crippen molar-refractivity contribution in [1.82, 2.24) is 24.9 Å². The van der Waals surface area contributed by atoms with Crippen LogP contribution in [0.5, 0.6) is 0 Å². The summed E-state index contributed by atoms with van der Waals surface area (Å²) in [6.45, 7) is 2.99. The Hall–Kier alpha value is -2.77. The van der Waals surface area contributed by atoms with Crippen LogP contribution in [0.1, 0.15) is 23.8 Å². The summed E-state index contributed by atoms with van der Waals surface area (Å²) >= 11 is 0. The van der Waals surface area contributed by atoms with Crippen molar-refractivity contribution in [1.29, 1.82) is 0 Å². The smallest absolute Gasteiger partial charge is 0.271 e. The molecule has 0 unspecified atom stereocenters. The molecule has 0 fully saturated rings. The second-order valence-corrected chi connectivity index (χ2v) is 4.57. The zero-order valence-corrected chi connectivity index (χ0v) is 12.2. The lowest BCUT2D eigenvalue weighted by molar-refractivity contribution is 0.0945. The van der Waals surface area contributed by atoms with Gasteiger partial charge in [-0.1, -0.05) is 0 Å². The Labute approximate surface area is 126 Å². The standard InChI is InChI=1S/C14H17N5O3/c1-2-18-13(21)7-6-11(17-18)14(22)15-8-4-10-19-12(20)5-3-9-16-19/h3,5-7,9H,2,4,8,10H2,1H3,(H,15,22). The van der Waals surface area contributed by atoms with E-state index in [4.69, 9.17) is 0 Å². The molecule has 0 saturated heterocycles. The van der Waals surface area contributed by atoms with Gasteiger partial charge in [-0.05, 0) is 25.5 Å². The minimum Gasteiger partial charge on any atom is -0.351 e. The SMILES string of the molecule is CCn1nc(C(=O)NCCCn2ncccc2=O)ccc1=O. The summed E-state index contributed by atoms with van der Waals surface area (Å²) in [6.07, 6.45) is 2.11. The minimum atomic E-state index is -0.351. The number of hydrogen-bond acceptors (Lipinski definition) is 5. The van der Waals surface area contributed by atoms with Crippen LogP contribution in [0.15, 0.2) is 40.1 Å². The molecule has 2 aromatic heterocycles. The Morgan fingerprint density at radius 1 is 1.18 bits per heavy atom. The van der Waals surface area contributed by atoms with E-state index >= 15 is 0 Å². The van der Waals surface area contributed by atoms with Gasteiger partial charge in [0.1, 0.15) is 5.69 Å². The first-order chi connectivity index (χ1) is 10.6. The van der Waals surface area contributed by atoms with E-state index in [1.54, 1.807) is 13.0 Å². The van der Waals surface area contributed by atoms with E-state index in [2.05, 4.69) is 15.5 Å². The molecule has 2 heterocycles. The third-order valence-corrected chi connectivity index (χ3v) is 3.02. The molecular formula is C14H17N5O3. The topological polar surface area (TPSA) is 98.9 Å². The average Bonchev–Trinajstić information content (AvgIpc) is 2.53. The van der Waals surface area contributed by atoms with Crippen LogP contribution >= 0.6 is 0 Å². The summed E-state index contributed by atoms with van der Waals surface area (Å²) in [7, 11) is 0. The molecule has 1 N–H and O–H groups in total. The van der Waals surface area contributed by atoms with Gasteiger partial charge in [0, 0.05) is 38.0 Å². The highest BCUT2D eigenvalue weighted by Crippen LogP contribution is 1.91. The second-order valence-electron chi connectivity index (χ2n) is 4.57. The summed E-state index contributed by atoms with van der Waals surface area (Å²) in [5.74, 6) is -0.351. The van der Waals surface area contributed by atoms with E-state index in [9.17, 15) is 14.4 Å². The number of carbonyl (C=O) groups excluding carboxylic acids is 1. The van der Waals surface area contributed by atoms with Gasteiger partial charge in [0.05, 0.1) is 0 Å². The Morgan fingerprint density at radius 3 is 2.68 bits per heavy atom. The number of aromatic nitrogens is 4. The van der Waals surface area contributed by atoms with Gasteiger partial charge in [0.25, 0.3) is 17.0 Å². The van der Waals surface area contributed by atoms with Gasteiger partial charge in [-0.3, -0.25) is 14.4 Å². The highest BCUT2D eigenvalue weighted by atomic mass is 16.2. The van der Waals surface area contributed by atoms with Crippen LogP contribution in [0.4, 0.5) is 0 Å². The Morgan fingerprint density at radius 2 is 1.95 bits per heavy atom. The van der Waals surface area contributed by atoms with Crippen LogP contribution in [-0.2, 0) is 13.1 Å². The van der Waals surface area contributed by atoms with E-state index in [0.717, 1.165) is 0 Å². The van der Waals surface area contributed by atoms with Crippen LogP contribution < -0.4 is 16.4 Å². The number of carbonyl (C=O) groups is 1. The lowest BCUT2D eigenvalue weighted by atomic mass is 10.3. The summed E-state index contributed by atoms with van der Waals surface area (Å²) in [5.41, 5.74) is -0.226. The molecule has 0 aliphatic heterocycles. The molecule has 1 amide bonds. The number of nitrogens with one attached hydrogen (secondary N) is 1. The first kappa shape index (κ1) is 15.6. The number of hydrogen-bond donors (Lipinski definition) is 1. The van der Waals surface area contributed by atoms with E-state index < -0.39 is 0 Å². The molecule has 0 saturated carbocycles. The zero-order valence-electron chi connectivity index (χ0n) is 12.2. The predicted molar refractivity (Wildman–Crippen MR) is 79.6 cm³/mol. The molecule has 0 aromatic carbocycles. The molecule has 2 rings (SSSR count). The third-order valence-electron chi connectivity index (χ3n) is 3.02. The van der Waals surface area contributed by atoms with Gasteiger partial charge >= 0.3 is 0 Å². The quantitative estimate of drug-likeness (QED) is 0.735. The minimum absolute atomic E-state index is 0.175. The maximum atomic E-state index is 11.9. The van der Waals surface area contributed by atoms with E-state index in [-0.39, 0.29) is 22.7 Å². The molecule has 0 aliphatic rings. The second kappa shape index (κ2) is 7.30. The lowest BCUT2D eigenvalue weighted by Gasteiger charge is -2.07. The van der Waals surface area contributed by atoms with Gasteiger partial charge in [0.15, 0.2) is 0 Å². The van der Waals surface area contributed by atoms with Crippen molar-refractivity contribution >= 4 is 5.91 Å². The first-order valence-corrected chi connectivity index (χ1v) is 7.00. The molecule has 2 aromatic rings. The molecule has 0 bridgehead atoms. The van der Waals surface area contributed by atoms with Gasteiger partial charge in [-0.2, -0.15) is 10.2 Å². The van der Waals surface area contributed by atoms with E-state index in [1.807, 2.05) is 0 Å². The normalized spacial score (nSPS) is 10.4. The van der Waals surface area contributed by atoms with Crippen molar-refractivity contribution in [2.24, 2.45) is 0 Å². The summed E-state index contributed by atoms with van der Waals surface area (Å²) in [4.78, 5) is 34.8. The summed E-state index contributed by atoms with van der Waals surface area (Å²) < 4.78 is 2.56. The molecule has 0 spiro atoms. The van der Waals surface area contributed by atoms with Crippen LogP contribution in [-0.4, -0.2) is 32.0 Å². The molecule has 116 valence electrons. The predicted octanol–water partition coefficient (Wildman–Crippen LogP) is -0.360. The maximum absolute atomic E-state index is 11.9. The van der Waals surface area contributed by atoms with Crippen molar-refractivity contribution in [2.75, 3.05) is 6.54 Å². The van der Waals surface area contributed by atoms with Gasteiger partial charge in [-0.25, -0.2) is 9.36 Å². The highest BCUT2D eigenvalue weighted by Gasteiger charge is 2.08. The average molecular weight is 303 g/mol. The summed E-state index contributed by atoms with van der Waals surface area (Å²) in [6, 6.07) is 5.73.